The summed E-state index contributed by atoms with van der Waals surface area (Å²) in [5.41, 5.74) is 1.42. The Morgan fingerprint density at radius 3 is 2.50 bits per heavy atom. The first-order valence-electron chi connectivity index (χ1n) is 9.32. The largest absolute Gasteiger partial charge is 0.469 e. The van der Waals surface area contributed by atoms with Crippen molar-refractivity contribution in [2.75, 3.05) is 33.8 Å². The van der Waals surface area contributed by atoms with Crippen LogP contribution in [0.3, 0.4) is 0 Å². The first-order chi connectivity index (χ1) is 12.2. The first-order valence-corrected chi connectivity index (χ1v) is 9.32. The van der Waals surface area contributed by atoms with Crippen LogP contribution in [-0.2, 0) is 16.0 Å². The number of nitrogens with zero attached hydrogens (tertiary/aromatic N) is 2. The van der Waals surface area contributed by atoms with Gasteiger partial charge in [0.25, 0.3) is 0 Å². The number of hydrogen-bond donors (Lipinski definition) is 1. The lowest BCUT2D eigenvalue weighted by Crippen LogP contribution is -2.46. The van der Waals surface area contributed by atoms with Crippen LogP contribution < -0.4 is 5.32 Å². The van der Waals surface area contributed by atoms with Gasteiger partial charge in [0.15, 0.2) is 5.96 Å². The number of ether oxygens (including phenoxy) is 1. The summed E-state index contributed by atoms with van der Waals surface area (Å²) in [7, 11) is 3.29. The van der Waals surface area contributed by atoms with Crippen molar-refractivity contribution in [3.8, 4) is 0 Å². The van der Waals surface area contributed by atoms with Gasteiger partial charge in [-0.1, -0.05) is 36.8 Å². The predicted octanol–water partition coefficient (Wildman–Crippen LogP) is 3.48. The van der Waals surface area contributed by atoms with Crippen LogP contribution in [0.1, 0.15) is 37.7 Å². The SMILES string of the molecule is CN=C(NCCCCCc1ccccc1)N1CCC(C(=O)OC)CC1.I. The number of nitrogens with one attached hydrogen (secondary N) is 1. The molecule has 0 bridgehead atoms. The van der Waals surface area contributed by atoms with Crippen LogP contribution in [-0.4, -0.2) is 50.6 Å². The average Bonchev–Trinajstić information content (AvgIpc) is 2.68. The van der Waals surface area contributed by atoms with Gasteiger partial charge in [-0.2, -0.15) is 0 Å². The fraction of sp³-hybridized carbons (Fsp3) is 0.600. The molecule has 2 rings (SSSR count). The number of halogens is 1. The van der Waals surface area contributed by atoms with Gasteiger partial charge in [-0.25, -0.2) is 0 Å². The molecule has 1 N–H and O–H groups in total. The Kier molecular flexibility index (Phi) is 11.3. The van der Waals surface area contributed by atoms with Gasteiger partial charge >= 0.3 is 5.97 Å². The fourth-order valence-corrected chi connectivity index (χ4v) is 3.30. The number of benzene rings is 1. The fourth-order valence-electron chi connectivity index (χ4n) is 3.30. The van der Waals surface area contributed by atoms with E-state index in [-0.39, 0.29) is 35.9 Å². The highest BCUT2D eigenvalue weighted by Gasteiger charge is 2.26. The number of likely N-dealkylation sites (tertiary alicyclic amines) is 1. The number of esters is 1. The normalized spacial score (nSPS) is 15.3. The Bertz CT molecular complexity index is 543. The van der Waals surface area contributed by atoms with Gasteiger partial charge in [-0.05, 0) is 37.7 Å². The zero-order valence-corrected chi connectivity index (χ0v) is 18.3. The monoisotopic (exact) mass is 473 g/mol. The van der Waals surface area contributed by atoms with Gasteiger partial charge in [0, 0.05) is 26.7 Å². The zero-order valence-electron chi connectivity index (χ0n) is 15.9. The number of rotatable bonds is 7. The molecule has 6 heteroatoms. The summed E-state index contributed by atoms with van der Waals surface area (Å²) in [4.78, 5) is 18.2. The molecule has 146 valence electrons. The summed E-state index contributed by atoms with van der Waals surface area (Å²) in [5, 5.41) is 3.46. The second-order valence-corrected chi connectivity index (χ2v) is 6.55. The molecular formula is C20H32IN3O2. The first kappa shape index (κ1) is 22.7. The molecule has 0 saturated carbocycles. The average molecular weight is 473 g/mol. The summed E-state index contributed by atoms with van der Waals surface area (Å²) in [6.45, 7) is 2.65. The molecule has 1 fully saturated rings. The molecule has 0 radical (unpaired) electrons. The maximum atomic E-state index is 11.6. The number of aliphatic imine (C=N–C) groups is 1. The summed E-state index contributed by atoms with van der Waals surface area (Å²) >= 11 is 0. The quantitative estimate of drug-likeness (QED) is 0.217. The van der Waals surface area contributed by atoms with Crippen LogP contribution in [0.5, 0.6) is 0 Å². The van der Waals surface area contributed by atoms with Crippen molar-refractivity contribution in [1.29, 1.82) is 0 Å². The van der Waals surface area contributed by atoms with Crippen LogP contribution in [0.4, 0.5) is 0 Å². The summed E-state index contributed by atoms with van der Waals surface area (Å²) in [6, 6.07) is 10.7. The van der Waals surface area contributed by atoms with Crippen molar-refractivity contribution in [1.82, 2.24) is 10.2 Å². The lowest BCUT2D eigenvalue weighted by molar-refractivity contribution is -0.146. The van der Waals surface area contributed by atoms with Crippen LogP contribution >= 0.6 is 24.0 Å². The third kappa shape index (κ3) is 7.51. The molecule has 0 unspecified atom stereocenters. The van der Waals surface area contributed by atoms with Crippen LogP contribution in [0.15, 0.2) is 35.3 Å². The van der Waals surface area contributed by atoms with Crippen LogP contribution in [0.25, 0.3) is 0 Å². The number of carbonyl (C=O) groups is 1. The number of unbranched alkanes of at least 4 members (excludes halogenated alkanes) is 2. The lowest BCUT2D eigenvalue weighted by atomic mass is 9.97. The van der Waals surface area contributed by atoms with Gasteiger partial charge in [-0.15, -0.1) is 24.0 Å². The topological polar surface area (TPSA) is 53.9 Å². The van der Waals surface area contributed by atoms with Gasteiger partial charge in [-0.3, -0.25) is 9.79 Å². The van der Waals surface area contributed by atoms with Crippen molar-refractivity contribution < 1.29 is 9.53 Å². The summed E-state index contributed by atoms with van der Waals surface area (Å²) in [5.74, 6) is 0.907. The van der Waals surface area contributed by atoms with Gasteiger partial charge in [0.1, 0.15) is 0 Å². The van der Waals surface area contributed by atoms with E-state index in [9.17, 15) is 4.79 Å². The van der Waals surface area contributed by atoms with Crippen molar-refractivity contribution >= 4 is 35.9 Å². The molecule has 1 saturated heterocycles. The van der Waals surface area contributed by atoms with E-state index in [0.717, 1.165) is 51.3 Å². The Morgan fingerprint density at radius 2 is 1.88 bits per heavy atom. The molecule has 0 aromatic heterocycles. The molecule has 0 aliphatic carbocycles. The smallest absolute Gasteiger partial charge is 0.308 e. The Morgan fingerprint density at radius 1 is 1.19 bits per heavy atom. The van der Waals surface area contributed by atoms with Crippen LogP contribution in [0, 0.1) is 5.92 Å². The van der Waals surface area contributed by atoms with E-state index in [2.05, 4.69) is 45.5 Å². The van der Waals surface area contributed by atoms with Crippen LogP contribution in [0.2, 0.25) is 0 Å². The van der Waals surface area contributed by atoms with E-state index in [1.54, 1.807) is 0 Å². The third-order valence-electron chi connectivity index (χ3n) is 4.81. The highest BCUT2D eigenvalue weighted by Crippen LogP contribution is 2.18. The van der Waals surface area contributed by atoms with E-state index in [4.69, 9.17) is 4.74 Å². The van der Waals surface area contributed by atoms with Crippen molar-refractivity contribution in [2.45, 2.75) is 38.5 Å². The molecule has 0 atom stereocenters. The third-order valence-corrected chi connectivity index (χ3v) is 4.81. The molecule has 0 amide bonds. The molecule has 26 heavy (non-hydrogen) atoms. The number of aryl methyl sites for hydroxylation is 1. The molecule has 5 nitrogen and oxygen atoms in total. The number of carbonyl (C=O) groups excluding carboxylic acids is 1. The minimum absolute atomic E-state index is 0. The molecule has 1 aromatic rings. The number of hydrogen-bond acceptors (Lipinski definition) is 3. The summed E-state index contributed by atoms with van der Waals surface area (Å²) < 4.78 is 4.84. The maximum Gasteiger partial charge on any atom is 0.308 e. The van der Waals surface area contributed by atoms with E-state index in [1.807, 2.05) is 7.05 Å². The molecule has 1 aliphatic rings. The van der Waals surface area contributed by atoms with E-state index < -0.39 is 0 Å². The minimum Gasteiger partial charge on any atom is -0.469 e. The van der Waals surface area contributed by atoms with E-state index in [0.29, 0.717) is 0 Å². The number of methoxy groups -OCH3 is 1. The van der Waals surface area contributed by atoms with Crippen molar-refractivity contribution in [3.63, 3.8) is 0 Å². The predicted molar refractivity (Wildman–Crippen MR) is 117 cm³/mol. The lowest BCUT2D eigenvalue weighted by Gasteiger charge is -2.33. The van der Waals surface area contributed by atoms with Gasteiger partial charge < -0.3 is 15.0 Å². The number of piperidine rings is 1. The molecule has 0 spiro atoms. The maximum absolute atomic E-state index is 11.6. The zero-order chi connectivity index (χ0) is 17.9. The highest BCUT2D eigenvalue weighted by atomic mass is 127. The van der Waals surface area contributed by atoms with Gasteiger partial charge in [0.05, 0.1) is 13.0 Å². The van der Waals surface area contributed by atoms with E-state index >= 15 is 0 Å². The Hall–Kier alpha value is -1.31. The summed E-state index contributed by atoms with van der Waals surface area (Å²) in [6.07, 6.45) is 6.40. The Balaban J connectivity index is 0.00000338. The van der Waals surface area contributed by atoms with E-state index in [1.165, 1.54) is 25.5 Å². The molecule has 1 aromatic carbocycles. The van der Waals surface area contributed by atoms with Crippen molar-refractivity contribution in [2.24, 2.45) is 10.9 Å². The minimum atomic E-state index is -0.0824. The highest BCUT2D eigenvalue weighted by molar-refractivity contribution is 14.0. The standard InChI is InChI=1S/C20H31N3O2.HI/c1-21-20(23-15-12-18(13-16-23)19(24)25-2)22-14-8-4-7-11-17-9-5-3-6-10-17;/h3,5-6,9-10,18H,4,7-8,11-16H2,1-2H3,(H,21,22);1H. The second kappa shape index (κ2) is 12.9. The molecule has 1 aliphatic heterocycles. The van der Waals surface area contributed by atoms with Crippen molar-refractivity contribution in [3.05, 3.63) is 35.9 Å². The number of guanidine groups is 1. The molecular weight excluding hydrogens is 441 g/mol. The Labute approximate surface area is 174 Å². The second-order valence-electron chi connectivity index (χ2n) is 6.55. The molecule has 1 heterocycles. The van der Waals surface area contributed by atoms with Gasteiger partial charge in [0.2, 0.25) is 0 Å².